The lowest BCUT2D eigenvalue weighted by Crippen LogP contribution is -2.30. The molecule has 1 fully saturated rings. The van der Waals surface area contributed by atoms with Crippen LogP contribution in [0.5, 0.6) is 0 Å². The smallest absolute Gasteiger partial charge is 0.138 e. The van der Waals surface area contributed by atoms with Crippen molar-refractivity contribution in [3.63, 3.8) is 0 Å². The summed E-state index contributed by atoms with van der Waals surface area (Å²) in [4.78, 5) is 12.0. The summed E-state index contributed by atoms with van der Waals surface area (Å²) in [7, 11) is 0. The minimum absolute atomic E-state index is 0.125. The SMILES string of the molecule is CCC(C)(C)C(=O)CC1CCC(N)CC1. The van der Waals surface area contributed by atoms with Crippen LogP contribution in [0.1, 0.15) is 59.3 Å². The molecule has 2 nitrogen and oxygen atoms in total. The normalized spacial score (nSPS) is 27.7. The molecule has 0 atom stereocenters. The van der Waals surface area contributed by atoms with E-state index in [0.29, 0.717) is 17.7 Å². The Morgan fingerprint density at radius 2 is 1.80 bits per heavy atom. The molecule has 2 N–H and O–H groups in total. The summed E-state index contributed by atoms with van der Waals surface area (Å²) in [6.07, 6.45) is 6.21. The van der Waals surface area contributed by atoms with Crippen molar-refractivity contribution in [2.24, 2.45) is 17.1 Å². The Morgan fingerprint density at radius 3 is 2.27 bits per heavy atom. The zero-order chi connectivity index (χ0) is 11.5. The highest BCUT2D eigenvalue weighted by molar-refractivity contribution is 5.84. The molecule has 15 heavy (non-hydrogen) atoms. The Bertz CT molecular complexity index is 215. The first-order chi connectivity index (χ1) is 6.95. The maximum atomic E-state index is 12.0. The van der Waals surface area contributed by atoms with Crippen molar-refractivity contribution in [3.8, 4) is 0 Å². The van der Waals surface area contributed by atoms with Crippen LogP contribution in [0.4, 0.5) is 0 Å². The molecule has 0 unspecified atom stereocenters. The Balaban J connectivity index is 2.39. The first kappa shape index (κ1) is 12.7. The topological polar surface area (TPSA) is 43.1 Å². The molecular weight excluding hydrogens is 186 g/mol. The van der Waals surface area contributed by atoms with Gasteiger partial charge < -0.3 is 5.73 Å². The molecule has 0 heterocycles. The number of hydrogen-bond donors (Lipinski definition) is 1. The van der Waals surface area contributed by atoms with Gasteiger partial charge in [-0.15, -0.1) is 0 Å². The summed E-state index contributed by atoms with van der Waals surface area (Å²) in [5.74, 6) is 1.04. The lowest BCUT2D eigenvalue weighted by atomic mass is 9.77. The van der Waals surface area contributed by atoms with Gasteiger partial charge in [0.2, 0.25) is 0 Å². The van der Waals surface area contributed by atoms with Crippen molar-refractivity contribution in [2.45, 2.75) is 65.3 Å². The zero-order valence-electron chi connectivity index (χ0n) is 10.4. The predicted octanol–water partition coefficient (Wildman–Crippen LogP) is 2.90. The molecule has 2 heteroatoms. The van der Waals surface area contributed by atoms with Crippen LogP contribution < -0.4 is 5.73 Å². The molecule has 1 rings (SSSR count). The highest BCUT2D eigenvalue weighted by atomic mass is 16.1. The fraction of sp³-hybridized carbons (Fsp3) is 0.923. The van der Waals surface area contributed by atoms with E-state index in [9.17, 15) is 4.79 Å². The first-order valence-corrected chi connectivity index (χ1v) is 6.24. The third-order valence-corrected chi connectivity index (χ3v) is 4.00. The van der Waals surface area contributed by atoms with Gasteiger partial charge in [0.1, 0.15) is 5.78 Å². The third-order valence-electron chi connectivity index (χ3n) is 4.00. The van der Waals surface area contributed by atoms with Crippen molar-refractivity contribution >= 4 is 5.78 Å². The molecule has 0 aromatic heterocycles. The fourth-order valence-corrected chi connectivity index (χ4v) is 2.13. The largest absolute Gasteiger partial charge is 0.328 e. The highest BCUT2D eigenvalue weighted by Gasteiger charge is 2.29. The van der Waals surface area contributed by atoms with Crippen LogP contribution in [0.15, 0.2) is 0 Å². The molecule has 0 saturated heterocycles. The molecule has 1 aliphatic rings. The lowest BCUT2D eigenvalue weighted by Gasteiger charge is -2.29. The van der Waals surface area contributed by atoms with Crippen LogP contribution in [0.2, 0.25) is 0 Å². The van der Waals surface area contributed by atoms with Gasteiger partial charge in [-0.05, 0) is 38.0 Å². The van der Waals surface area contributed by atoms with Crippen molar-refractivity contribution < 1.29 is 4.79 Å². The van der Waals surface area contributed by atoms with E-state index in [1.807, 2.05) is 0 Å². The number of nitrogens with two attached hydrogens (primary N) is 1. The van der Waals surface area contributed by atoms with Crippen LogP contribution in [-0.2, 0) is 4.79 Å². The molecule has 0 aromatic rings. The van der Waals surface area contributed by atoms with E-state index in [0.717, 1.165) is 38.5 Å². The molecule has 0 aliphatic heterocycles. The molecule has 88 valence electrons. The van der Waals surface area contributed by atoms with Gasteiger partial charge in [0.15, 0.2) is 0 Å². The standard InChI is InChI=1S/C13H25NO/c1-4-13(2,3)12(15)9-10-5-7-11(14)8-6-10/h10-11H,4-9,14H2,1-3H3. The minimum Gasteiger partial charge on any atom is -0.328 e. The van der Waals surface area contributed by atoms with Crippen molar-refractivity contribution in [2.75, 3.05) is 0 Å². The quantitative estimate of drug-likeness (QED) is 0.777. The molecule has 0 spiro atoms. The van der Waals surface area contributed by atoms with Crippen LogP contribution in [0.3, 0.4) is 0 Å². The van der Waals surface area contributed by atoms with Gasteiger partial charge in [-0.1, -0.05) is 20.8 Å². The van der Waals surface area contributed by atoms with E-state index in [4.69, 9.17) is 5.73 Å². The van der Waals surface area contributed by atoms with Crippen LogP contribution in [0.25, 0.3) is 0 Å². The number of carbonyl (C=O) groups is 1. The van der Waals surface area contributed by atoms with E-state index in [1.165, 1.54) is 0 Å². The Kier molecular flexibility index (Phi) is 4.32. The van der Waals surface area contributed by atoms with Crippen molar-refractivity contribution in [1.82, 2.24) is 0 Å². The molecule has 1 saturated carbocycles. The van der Waals surface area contributed by atoms with Gasteiger partial charge in [0, 0.05) is 17.9 Å². The maximum absolute atomic E-state index is 12.0. The highest BCUT2D eigenvalue weighted by Crippen LogP contribution is 2.31. The van der Waals surface area contributed by atoms with E-state index in [1.54, 1.807) is 0 Å². The summed E-state index contributed by atoms with van der Waals surface area (Å²) in [6, 6.07) is 0.385. The van der Waals surface area contributed by atoms with Crippen LogP contribution in [0, 0.1) is 11.3 Å². The summed E-state index contributed by atoms with van der Waals surface area (Å²) < 4.78 is 0. The number of rotatable bonds is 4. The van der Waals surface area contributed by atoms with Crippen LogP contribution >= 0.6 is 0 Å². The summed E-state index contributed by atoms with van der Waals surface area (Å²) in [5, 5.41) is 0. The maximum Gasteiger partial charge on any atom is 0.138 e. The Hall–Kier alpha value is -0.370. The number of carbonyl (C=O) groups excluding carboxylic acids is 1. The number of hydrogen-bond acceptors (Lipinski definition) is 2. The van der Waals surface area contributed by atoms with Gasteiger partial charge >= 0.3 is 0 Å². The van der Waals surface area contributed by atoms with Crippen molar-refractivity contribution in [1.29, 1.82) is 0 Å². The van der Waals surface area contributed by atoms with Crippen LogP contribution in [-0.4, -0.2) is 11.8 Å². The molecule has 0 bridgehead atoms. The monoisotopic (exact) mass is 211 g/mol. The molecule has 1 aliphatic carbocycles. The van der Waals surface area contributed by atoms with Gasteiger partial charge in [0.25, 0.3) is 0 Å². The van der Waals surface area contributed by atoms with Gasteiger partial charge in [-0.2, -0.15) is 0 Å². The second-order valence-electron chi connectivity index (χ2n) is 5.65. The summed E-state index contributed by atoms with van der Waals surface area (Å²) in [5.41, 5.74) is 5.73. The molecule has 0 radical (unpaired) electrons. The predicted molar refractivity (Wildman–Crippen MR) is 63.6 cm³/mol. The number of Topliss-reactive ketones (excluding diaryl/α,β-unsaturated/α-hetero) is 1. The molecule has 0 aromatic carbocycles. The van der Waals surface area contributed by atoms with Gasteiger partial charge in [0.05, 0.1) is 0 Å². The summed E-state index contributed by atoms with van der Waals surface area (Å²) in [6.45, 7) is 6.21. The number of ketones is 1. The third kappa shape index (κ3) is 3.60. The van der Waals surface area contributed by atoms with E-state index >= 15 is 0 Å². The first-order valence-electron chi connectivity index (χ1n) is 6.24. The Labute approximate surface area is 93.6 Å². The van der Waals surface area contributed by atoms with E-state index < -0.39 is 0 Å². The average molecular weight is 211 g/mol. The zero-order valence-corrected chi connectivity index (χ0v) is 10.4. The minimum atomic E-state index is -0.125. The molecular formula is C13H25NO. The van der Waals surface area contributed by atoms with Gasteiger partial charge in [-0.25, -0.2) is 0 Å². The van der Waals surface area contributed by atoms with Crippen molar-refractivity contribution in [3.05, 3.63) is 0 Å². The second-order valence-corrected chi connectivity index (χ2v) is 5.65. The molecule has 0 amide bonds. The average Bonchev–Trinajstić information content (AvgIpc) is 2.21. The summed E-state index contributed by atoms with van der Waals surface area (Å²) >= 11 is 0. The van der Waals surface area contributed by atoms with E-state index in [-0.39, 0.29) is 5.41 Å². The van der Waals surface area contributed by atoms with E-state index in [2.05, 4.69) is 20.8 Å². The Morgan fingerprint density at radius 1 is 1.27 bits per heavy atom. The lowest BCUT2D eigenvalue weighted by molar-refractivity contribution is -0.128. The second kappa shape index (κ2) is 5.11. The fourth-order valence-electron chi connectivity index (χ4n) is 2.13. The van der Waals surface area contributed by atoms with Gasteiger partial charge in [-0.3, -0.25) is 4.79 Å².